The molecule has 31 heavy (non-hydrogen) atoms. The molecule has 1 aromatic carbocycles. The van der Waals surface area contributed by atoms with Crippen LogP contribution < -0.4 is 21.3 Å². The molecule has 0 spiro atoms. The number of hydrogen-bond acceptors (Lipinski definition) is 4. The molecule has 0 bridgehead atoms. The highest BCUT2D eigenvalue weighted by Gasteiger charge is 2.15. The van der Waals surface area contributed by atoms with E-state index in [1.54, 1.807) is 0 Å². The summed E-state index contributed by atoms with van der Waals surface area (Å²) >= 11 is 0. The topological polar surface area (TPSA) is 104 Å². The number of ether oxygens (including phenoxy) is 1. The van der Waals surface area contributed by atoms with Crippen LogP contribution in [0.3, 0.4) is 0 Å². The fraction of sp³-hybridized carbons (Fsp3) is 0.609. The van der Waals surface area contributed by atoms with Crippen molar-refractivity contribution in [2.24, 2.45) is 10.9 Å². The lowest BCUT2D eigenvalue weighted by Crippen LogP contribution is -2.39. The van der Waals surface area contributed by atoms with Crippen molar-refractivity contribution in [2.75, 3.05) is 25.0 Å². The lowest BCUT2D eigenvalue weighted by Gasteiger charge is -2.19. The highest BCUT2D eigenvalue weighted by atomic mass is 16.6. The largest absolute Gasteiger partial charge is 0.444 e. The van der Waals surface area contributed by atoms with Crippen LogP contribution in [0.4, 0.5) is 10.5 Å². The molecule has 0 aliphatic rings. The number of amides is 2. The molecule has 8 nitrogen and oxygen atoms in total. The molecule has 0 saturated heterocycles. The van der Waals surface area contributed by atoms with E-state index in [-0.39, 0.29) is 5.91 Å². The fourth-order valence-electron chi connectivity index (χ4n) is 2.64. The number of carbonyl (C=O) groups excluding carboxylic acids is 2. The number of rotatable bonds is 10. The lowest BCUT2D eigenvalue weighted by molar-refractivity contribution is -0.116. The van der Waals surface area contributed by atoms with Crippen molar-refractivity contribution in [3.8, 4) is 0 Å². The van der Waals surface area contributed by atoms with Crippen molar-refractivity contribution < 1.29 is 14.3 Å². The molecule has 0 radical (unpaired) electrons. The van der Waals surface area contributed by atoms with E-state index in [0.29, 0.717) is 37.9 Å². The molecule has 0 heterocycles. The molecule has 0 saturated carbocycles. The number of hydrogen-bond donors (Lipinski definition) is 4. The third-order valence-electron chi connectivity index (χ3n) is 3.88. The average molecular weight is 434 g/mol. The minimum atomic E-state index is -0.498. The Hall–Kier alpha value is -2.77. The Morgan fingerprint density at radius 2 is 1.81 bits per heavy atom. The first-order chi connectivity index (χ1) is 14.6. The van der Waals surface area contributed by atoms with Crippen molar-refractivity contribution in [1.82, 2.24) is 16.0 Å². The number of alkyl carbamates (subject to hydrolysis) is 1. The van der Waals surface area contributed by atoms with Gasteiger partial charge in [0.25, 0.3) is 0 Å². The normalized spacial score (nSPS) is 11.8. The van der Waals surface area contributed by atoms with Crippen LogP contribution in [-0.4, -0.2) is 43.2 Å². The maximum absolute atomic E-state index is 12.0. The number of anilines is 1. The molecule has 4 N–H and O–H groups in total. The second-order valence-electron chi connectivity index (χ2n) is 8.75. The summed E-state index contributed by atoms with van der Waals surface area (Å²) in [6.07, 6.45) is 0.828. The lowest BCUT2D eigenvalue weighted by atomic mass is 10.1. The summed E-state index contributed by atoms with van der Waals surface area (Å²) in [5.41, 5.74) is 1.29. The van der Waals surface area contributed by atoms with Gasteiger partial charge in [0, 0.05) is 31.7 Å². The van der Waals surface area contributed by atoms with Gasteiger partial charge in [0.1, 0.15) is 5.60 Å². The van der Waals surface area contributed by atoms with Crippen molar-refractivity contribution in [2.45, 2.75) is 66.5 Å². The highest BCUT2D eigenvalue weighted by Crippen LogP contribution is 2.13. The van der Waals surface area contributed by atoms with Gasteiger partial charge < -0.3 is 26.0 Å². The molecular formula is C23H39N5O3. The van der Waals surface area contributed by atoms with Crippen LogP contribution in [0.25, 0.3) is 0 Å². The third-order valence-corrected chi connectivity index (χ3v) is 3.88. The number of carbonyl (C=O) groups is 2. The van der Waals surface area contributed by atoms with E-state index < -0.39 is 11.7 Å². The second kappa shape index (κ2) is 13.5. The van der Waals surface area contributed by atoms with Gasteiger partial charge in [0.2, 0.25) is 5.91 Å². The Balaban J connectivity index is 2.49. The van der Waals surface area contributed by atoms with E-state index in [9.17, 15) is 9.59 Å². The van der Waals surface area contributed by atoms with Gasteiger partial charge in [-0.2, -0.15) is 0 Å². The van der Waals surface area contributed by atoms with E-state index in [1.807, 2.05) is 65.8 Å². The molecule has 0 fully saturated rings. The number of benzene rings is 1. The maximum Gasteiger partial charge on any atom is 0.407 e. The Morgan fingerprint density at radius 1 is 1.10 bits per heavy atom. The summed E-state index contributed by atoms with van der Waals surface area (Å²) in [4.78, 5) is 28.2. The Morgan fingerprint density at radius 3 is 2.45 bits per heavy atom. The van der Waals surface area contributed by atoms with Crippen LogP contribution in [0.2, 0.25) is 0 Å². The molecule has 0 unspecified atom stereocenters. The van der Waals surface area contributed by atoms with Crippen LogP contribution >= 0.6 is 0 Å². The molecule has 0 aliphatic carbocycles. The number of nitrogens with one attached hydrogen (secondary N) is 4. The van der Waals surface area contributed by atoms with Gasteiger partial charge in [0.15, 0.2) is 5.96 Å². The molecule has 0 aliphatic heterocycles. The van der Waals surface area contributed by atoms with Gasteiger partial charge in [-0.25, -0.2) is 9.79 Å². The summed E-state index contributed by atoms with van der Waals surface area (Å²) in [5, 5.41) is 12.1. The van der Waals surface area contributed by atoms with E-state index in [0.717, 1.165) is 24.2 Å². The predicted molar refractivity (Wildman–Crippen MR) is 126 cm³/mol. The second-order valence-corrected chi connectivity index (χ2v) is 8.75. The first-order valence-electron chi connectivity index (χ1n) is 11.0. The van der Waals surface area contributed by atoms with Gasteiger partial charge in [0.05, 0.1) is 6.54 Å². The molecule has 174 valence electrons. The van der Waals surface area contributed by atoms with E-state index >= 15 is 0 Å². The molecule has 1 rings (SSSR count). The molecule has 1 aromatic rings. The molecule has 0 aromatic heterocycles. The summed E-state index contributed by atoms with van der Waals surface area (Å²) in [7, 11) is 0. The first-order valence-corrected chi connectivity index (χ1v) is 11.0. The summed E-state index contributed by atoms with van der Waals surface area (Å²) < 4.78 is 5.21. The van der Waals surface area contributed by atoms with Gasteiger partial charge >= 0.3 is 6.09 Å². The van der Waals surface area contributed by atoms with Crippen LogP contribution in [0.5, 0.6) is 0 Å². The van der Waals surface area contributed by atoms with Crippen LogP contribution in [0.1, 0.15) is 59.9 Å². The molecule has 0 atom stereocenters. The van der Waals surface area contributed by atoms with Gasteiger partial charge in [-0.15, -0.1) is 0 Å². The van der Waals surface area contributed by atoms with Crippen molar-refractivity contribution in [1.29, 1.82) is 0 Å². The quantitative estimate of drug-likeness (QED) is 0.256. The van der Waals surface area contributed by atoms with Gasteiger partial charge in [-0.05, 0) is 57.7 Å². The van der Waals surface area contributed by atoms with E-state index in [4.69, 9.17) is 4.74 Å². The van der Waals surface area contributed by atoms with Gasteiger partial charge in [-0.3, -0.25) is 4.79 Å². The standard InChI is InChI=1S/C23H39N5O3/c1-7-24-21(25-12-9-13-26-22(30)31-23(4,5)6)27-16-18-10-8-11-19(15-18)28-20(29)14-17(2)3/h8,10-11,15,17H,7,9,12-14,16H2,1-6H3,(H,26,30)(H,28,29)(H2,24,25,27). The maximum atomic E-state index is 12.0. The summed E-state index contributed by atoms with van der Waals surface area (Å²) in [5.74, 6) is 1.04. The minimum absolute atomic E-state index is 0.0191. The minimum Gasteiger partial charge on any atom is -0.444 e. The molecular weight excluding hydrogens is 394 g/mol. The summed E-state index contributed by atoms with van der Waals surface area (Å²) in [6, 6.07) is 7.72. The van der Waals surface area contributed by atoms with Crippen LogP contribution in [-0.2, 0) is 16.1 Å². The van der Waals surface area contributed by atoms with Crippen molar-refractivity contribution >= 4 is 23.6 Å². The average Bonchev–Trinajstić information content (AvgIpc) is 2.64. The highest BCUT2D eigenvalue weighted by molar-refractivity contribution is 5.90. The zero-order valence-electron chi connectivity index (χ0n) is 19.8. The van der Waals surface area contributed by atoms with E-state index in [1.165, 1.54) is 0 Å². The van der Waals surface area contributed by atoms with E-state index in [2.05, 4.69) is 26.3 Å². The summed E-state index contributed by atoms with van der Waals surface area (Å²) in [6.45, 7) is 14.0. The Kier molecular flexibility index (Phi) is 11.5. The predicted octanol–water partition coefficient (Wildman–Crippen LogP) is 3.64. The Bertz CT molecular complexity index is 726. The van der Waals surface area contributed by atoms with Crippen molar-refractivity contribution in [3.63, 3.8) is 0 Å². The molecule has 8 heteroatoms. The zero-order chi connectivity index (χ0) is 23.3. The third kappa shape index (κ3) is 13.2. The molecule has 2 amide bonds. The zero-order valence-corrected chi connectivity index (χ0v) is 19.8. The SMILES string of the molecule is CCNC(=NCc1cccc(NC(=O)CC(C)C)c1)NCCCNC(=O)OC(C)(C)C. The van der Waals surface area contributed by atoms with Crippen LogP contribution in [0, 0.1) is 5.92 Å². The first kappa shape index (κ1) is 26.3. The number of nitrogens with zero attached hydrogens (tertiary/aromatic N) is 1. The smallest absolute Gasteiger partial charge is 0.407 e. The number of guanidine groups is 1. The monoisotopic (exact) mass is 433 g/mol. The van der Waals surface area contributed by atoms with Gasteiger partial charge in [-0.1, -0.05) is 26.0 Å². The Labute approximate surface area is 186 Å². The fourth-order valence-corrected chi connectivity index (χ4v) is 2.64. The van der Waals surface area contributed by atoms with Crippen LogP contribution in [0.15, 0.2) is 29.3 Å². The number of aliphatic imine (C=N–C) groups is 1. The van der Waals surface area contributed by atoms with Crippen molar-refractivity contribution in [3.05, 3.63) is 29.8 Å².